The first kappa shape index (κ1) is 14.7. The highest BCUT2D eigenvalue weighted by Gasteiger charge is 2.44. The Balaban J connectivity index is 2.10. The molecule has 110 valence electrons. The van der Waals surface area contributed by atoms with Crippen LogP contribution in [-0.2, 0) is 24.3 Å². The highest BCUT2D eigenvalue weighted by molar-refractivity contribution is 7.88. The van der Waals surface area contributed by atoms with Gasteiger partial charge in [0, 0.05) is 19.6 Å². The molecular weight excluding hydrogens is 272 g/mol. The average molecular weight is 292 g/mol. The standard InChI is InChI=1S/C11H20N2O5S/c1-11(10(14)12-3-6-17-7-4-12)9-13(5-8-18-11)19(2,15)16/h3-9H2,1-2H3/t11-/m0/s1. The number of hydrogen-bond donors (Lipinski definition) is 0. The lowest BCUT2D eigenvalue weighted by Crippen LogP contribution is -2.61. The summed E-state index contributed by atoms with van der Waals surface area (Å²) in [5, 5.41) is 0. The van der Waals surface area contributed by atoms with E-state index in [0.717, 1.165) is 6.26 Å². The first-order valence-corrected chi connectivity index (χ1v) is 8.14. The summed E-state index contributed by atoms with van der Waals surface area (Å²) in [6, 6.07) is 0. The summed E-state index contributed by atoms with van der Waals surface area (Å²) in [5.74, 6) is -0.163. The van der Waals surface area contributed by atoms with Crippen LogP contribution in [0.5, 0.6) is 0 Å². The Kier molecular flexibility index (Phi) is 4.14. The number of carbonyl (C=O) groups excluding carboxylic acids is 1. The fourth-order valence-corrected chi connectivity index (χ4v) is 3.23. The van der Waals surface area contributed by atoms with Gasteiger partial charge in [0.25, 0.3) is 5.91 Å². The third kappa shape index (κ3) is 3.25. The molecule has 1 atom stereocenters. The Morgan fingerprint density at radius 1 is 1.16 bits per heavy atom. The van der Waals surface area contributed by atoms with Crippen LogP contribution in [0.4, 0.5) is 0 Å². The minimum Gasteiger partial charge on any atom is -0.378 e. The summed E-state index contributed by atoms with van der Waals surface area (Å²) in [5.41, 5.74) is -1.10. The molecule has 0 bridgehead atoms. The quantitative estimate of drug-likeness (QED) is 0.645. The predicted octanol–water partition coefficient (Wildman–Crippen LogP) is -1.10. The maximum atomic E-state index is 12.5. The highest BCUT2D eigenvalue weighted by atomic mass is 32.2. The molecule has 8 heteroatoms. The van der Waals surface area contributed by atoms with Crippen molar-refractivity contribution in [3.05, 3.63) is 0 Å². The van der Waals surface area contributed by atoms with Crippen molar-refractivity contribution < 1.29 is 22.7 Å². The molecule has 0 aliphatic carbocycles. The summed E-state index contributed by atoms with van der Waals surface area (Å²) < 4.78 is 35.3. The van der Waals surface area contributed by atoms with Crippen LogP contribution >= 0.6 is 0 Å². The van der Waals surface area contributed by atoms with E-state index in [9.17, 15) is 13.2 Å². The van der Waals surface area contributed by atoms with Gasteiger partial charge in [-0.15, -0.1) is 0 Å². The average Bonchev–Trinajstić information content (AvgIpc) is 2.38. The van der Waals surface area contributed by atoms with Crippen LogP contribution in [0.3, 0.4) is 0 Å². The van der Waals surface area contributed by atoms with Crippen molar-refractivity contribution in [2.75, 3.05) is 52.3 Å². The normalized spacial score (nSPS) is 30.3. The van der Waals surface area contributed by atoms with Gasteiger partial charge in [-0.25, -0.2) is 8.42 Å². The van der Waals surface area contributed by atoms with Crippen LogP contribution in [0.1, 0.15) is 6.92 Å². The van der Waals surface area contributed by atoms with Crippen LogP contribution < -0.4 is 0 Å². The number of hydrogen-bond acceptors (Lipinski definition) is 5. The molecule has 2 saturated heterocycles. The first-order chi connectivity index (χ1) is 8.83. The molecule has 0 aromatic heterocycles. The Labute approximate surface area is 113 Å². The zero-order valence-corrected chi connectivity index (χ0v) is 12.1. The summed E-state index contributed by atoms with van der Waals surface area (Å²) in [4.78, 5) is 14.1. The van der Waals surface area contributed by atoms with Gasteiger partial charge in [0.2, 0.25) is 10.0 Å². The molecule has 1 amide bonds. The van der Waals surface area contributed by atoms with E-state index < -0.39 is 15.6 Å². The monoisotopic (exact) mass is 292 g/mol. The molecule has 0 radical (unpaired) electrons. The molecule has 19 heavy (non-hydrogen) atoms. The molecule has 2 heterocycles. The Morgan fingerprint density at radius 2 is 1.79 bits per heavy atom. The fourth-order valence-electron chi connectivity index (χ4n) is 2.35. The Bertz CT molecular complexity index is 446. The summed E-state index contributed by atoms with van der Waals surface area (Å²) in [6.07, 6.45) is 1.15. The smallest absolute Gasteiger partial charge is 0.256 e. The van der Waals surface area contributed by atoms with Crippen LogP contribution in [0.2, 0.25) is 0 Å². The second-order valence-corrected chi connectivity index (χ2v) is 7.06. The minimum atomic E-state index is -3.30. The molecule has 0 aromatic carbocycles. The molecule has 0 unspecified atom stereocenters. The number of ether oxygens (including phenoxy) is 2. The third-order valence-electron chi connectivity index (χ3n) is 3.46. The van der Waals surface area contributed by atoms with Crippen molar-refractivity contribution in [3.63, 3.8) is 0 Å². The minimum absolute atomic E-state index is 0.0715. The Hall–Kier alpha value is -0.700. The van der Waals surface area contributed by atoms with Crippen LogP contribution in [0.25, 0.3) is 0 Å². The third-order valence-corrected chi connectivity index (χ3v) is 4.71. The molecule has 7 nitrogen and oxygen atoms in total. The molecule has 0 saturated carbocycles. The molecule has 2 aliphatic heterocycles. The van der Waals surface area contributed by atoms with Gasteiger partial charge >= 0.3 is 0 Å². The molecule has 2 aliphatic rings. The van der Waals surface area contributed by atoms with E-state index in [1.807, 2.05) is 0 Å². The van der Waals surface area contributed by atoms with Crippen molar-refractivity contribution in [2.45, 2.75) is 12.5 Å². The van der Waals surface area contributed by atoms with Gasteiger partial charge in [-0.2, -0.15) is 4.31 Å². The van der Waals surface area contributed by atoms with E-state index in [1.165, 1.54) is 4.31 Å². The zero-order valence-electron chi connectivity index (χ0n) is 11.3. The van der Waals surface area contributed by atoms with Gasteiger partial charge in [0.05, 0.1) is 32.6 Å². The van der Waals surface area contributed by atoms with Gasteiger partial charge in [0.15, 0.2) is 5.60 Å². The van der Waals surface area contributed by atoms with Crippen molar-refractivity contribution in [3.8, 4) is 0 Å². The van der Waals surface area contributed by atoms with Crippen LogP contribution in [-0.4, -0.2) is 81.4 Å². The summed E-state index contributed by atoms with van der Waals surface area (Å²) >= 11 is 0. The van der Waals surface area contributed by atoms with Crippen LogP contribution in [0.15, 0.2) is 0 Å². The number of morpholine rings is 2. The van der Waals surface area contributed by atoms with Gasteiger partial charge in [0.1, 0.15) is 0 Å². The van der Waals surface area contributed by atoms with E-state index in [-0.39, 0.29) is 19.1 Å². The highest BCUT2D eigenvalue weighted by Crippen LogP contribution is 2.22. The van der Waals surface area contributed by atoms with E-state index in [1.54, 1.807) is 11.8 Å². The van der Waals surface area contributed by atoms with Crippen molar-refractivity contribution in [2.24, 2.45) is 0 Å². The van der Waals surface area contributed by atoms with E-state index in [2.05, 4.69) is 0 Å². The predicted molar refractivity (Wildman–Crippen MR) is 68.2 cm³/mol. The van der Waals surface area contributed by atoms with E-state index in [0.29, 0.717) is 32.8 Å². The SMILES string of the molecule is C[C@@]1(C(=O)N2CCOCC2)CN(S(C)(=O)=O)CCO1. The molecule has 0 spiro atoms. The van der Waals surface area contributed by atoms with Crippen molar-refractivity contribution in [1.29, 1.82) is 0 Å². The van der Waals surface area contributed by atoms with E-state index in [4.69, 9.17) is 9.47 Å². The van der Waals surface area contributed by atoms with Gasteiger partial charge in [-0.05, 0) is 6.92 Å². The molecule has 2 fully saturated rings. The van der Waals surface area contributed by atoms with Crippen molar-refractivity contribution >= 4 is 15.9 Å². The molecule has 0 N–H and O–H groups in total. The largest absolute Gasteiger partial charge is 0.378 e. The van der Waals surface area contributed by atoms with Crippen molar-refractivity contribution in [1.82, 2.24) is 9.21 Å². The van der Waals surface area contributed by atoms with E-state index >= 15 is 0 Å². The summed E-state index contributed by atoms with van der Waals surface area (Å²) in [7, 11) is -3.30. The first-order valence-electron chi connectivity index (χ1n) is 6.29. The van der Waals surface area contributed by atoms with Crippen LogP contribution in [0, 0.1) is 0 Å². The molecular formula is C11H20N2O5S. The molecule has 0 aromatic rings. The lowest BCUT2D eigenvalue weighted by molar-refractivity contribution is -0.167. The zero-order chi connectivity index (χ0) is 14.1. The number of sulfonamides is 1. The van der Waals surface area contributed by atoms with Gasteiger partial charge in [-0.3, -0.25) is 4.79 Å². The molecule has 2 rings (SSSR count). The Morgan fingerprint density at radius 3 is 2.37 bits per heavy atom. The second kappa shape index (κ2) is 5.35. The second-order valence-electron chi connectivity index (χ2n) is 5.08. The lowest BCUT2D eigenvalue weighted by Gasteiger charge is -2.41. The fraction of sp³-hybridized carbons (Fsp3) is 0.909. The number of amides is 1. The lowest BCUT2D eigenvalue weighted by atomic mass is 10.0. The van der Waals surface area contributed by atoms with Gasteiger partial charge < -0.3 is 14.4 Å². The number of rotatable bonds is 2. The maximum absolute atomic E-state index is 12.5. The van der Waals surface area contributed by atoms with Gasteiger partial charge in [-0.1, -0.05) is 0 Å². The summed E-state index contributed by atoms with van der Waals surface area (Å²) in [6.45, 7) is 4.33. The number of carbonyl (C=O) groups is 1. The topological polar surface area (TPSA) is 76.2 Å². The number of nitrogens with zero attached hydrogens (tertiary/aromatic N) is 2. The maximum Gasteiger partial charge on any atom is 0.256 e.